The highest BCUT2D eigenvalue weighted by Crippen LogP contribution is 2.36. The molecule has 0 aliphatic rings. The van der Waals surface area contributed by atoms with E-state index in [2.05, 4.69) is 46.2 Å². The Morgan fingerprint density at radius 3 is 2.28 bits per heavy atom. The lowest BCUT2D eigenvalue weighted by Gasteiger charge is -2.19. The van der Waals surface area contributed by atoms with E-state index in [1.165, 1.54) is 0 Å². The molecule has 25 heavy (non-hydrogen) atoms. The predicted molar refractivity (Wildman–Crippen MR) is 107 cm³/mol. The van der Waals surface area contributed by atoms with Crippen LogP contribution >= 0.6 is 35.0 Å². The lowest BCUT2D eigenvalue weighted by atomic mass is 10.1. The Bertz CT molecular complexity index is 716. The van der Waals surface area contributed by atoms with Gasteiger partial charge >= 0.3 is 0 Å². The minimum atomic E-state index is -0.138. The van der Waals surface area contributed by atoms with Crippen molar-refractivity contribution >= 4 is 35.0 Å². The number of imidazole rings is 1. The number of nitrogens with zero attached hydrogens (tertiary/aromatic N) is 2. The molecular formula is C19H26Cl2N2OS. The second-order valence-electron chi connectivity index (χ2n) is 7.35. The van der Waals surface area contributed by atoms with E-state index >= 15 is 0 Å². The Morgan fingerprint density at radius 2 is 1.76 bits per heavy atom. The van der Waals surface area contributed by atoms with Crippen molar-refractivity contribution in [3.05, 3.63) is 39.8 Å². The third-order valence-corrected chi connectivity index (χ3v) is 5.20. The third kappa shape index (κ3) is 5.92. The molecule has 2 rings (SSSR count). The van der Waals surface area contributed by atoms with Crippen molar-refractivity contribution in [1.29, 1.82) is 0 Å². The molecule has 1 aromatic carbocycles. The van der Waals surface area contributed by atoms with Crippen molar-refractivity contribution in [3.63, 3.8) is 0 Å². The number of rotatable bonds is 6. The minimum Gasteiger partial charge on any atom is -0.375 e. The van der Waals surface area contributed by atoms with Crippen LogP contribution in [0, 0.1) is 0 Å². The summed E-state index contributed by atoms with van der Waals surface area (Å²) in [5.74, 6) is 1.37. The highest BCUT2D eigenvalue weighted by Gasteiger charge is 2.19. The fraction of sp³-hybridized carbons (Fsp3) is 0.526. The zero-order valence-corrected chi connectivity index (χ0v) is 18.0. The molecule has 1 heterocycles. The lowest BCUT2D eigenvalue weighted by Crippen LogP contribution is -2.21. The molecule has 138 valence electrons. The van der Waals surface area contributed by atoms with E-state index < -0.39 is 0 Å². The van der Waals surface area contributed by atoms with Crippen LogP contribution < -0.4 is 0 Å². The van der Waals surface area contributed by atoms with Gasteiger partial charge in [-0.25, -0.2) is 4.98 Å². The van der Waals surface area contributed by atoms with Crippen LogP contribution in [0.1, 0.15) is 52.1 Å². The monoisotopic (exact) mass is 400 g/mol. The van der Waals surface area contributed by atoms with E-state index in [4.69, 9.17) is 32.9 Å². The summed E-state index contributed by atoms with van der Waals surface area (Å²) in [6.45, 7) is 11.2. The van der Waals surface area contributed by atoms with Gasteiger partial charge in [0.15, 0.2) is 0 Å². The summed E-state index contributed by atoms with van der Waals surface area (Å²) in [5.41, 5.74) is 0.954. The van der Waals surface area contributed by atoms with Gasteiger partial charge in [-0.1, -0.05) is 48.8 Å². The topological polar surface area (TPSA) is 27.1 Å². The standard InChI is InChI=1S/C19H26Cl2N2OS/c1-12(2)17-18(25-15-10-13(20)9-14(21)11-15)23(6)16(22-17)7-8-24-19(3,4)5/h9-12H,7-8H2,1-6H3. The molecule has 0 fully saturated rings. The second-order valence-corrected chi connectivity index (χ2v) is 9.29. The van der Waals surface area contributed by atoms with E-state index in [0.29, 0.717) is 22.6 Å². The molecule has 0 aliphatic carbocycles. The summed E-state index contributed by atoms with van der Waals surface area (Å²) >= 11 is 13.9. The van der Waals surface area contributed by atoms with Gasteiger partial charge in [-0.05, 0) is 44.9 Å². The summed E-state index contributed by atoms with van der Waals surface area (Å²) in [4.78, 5) is 5.88. The molecule has 6 heteroatoms. The zero-order valence-electron chi connectivity index (χ0n) is 15.7. The van der Waals surface area contributed by atoms with Crippen molar-refractivity contribution < 1.29 is 4.74 Å². The molecule has 0 saturated carbocycles. The molecule has 1 aromatic heterocycles. The van der Waals surface area contributed by atoms with E-state index in [1.807, 2.05) is 12.1 Å². The Kier molecular flexibility index (Phi) is 6.88. The maximum absolute atomic E-state index is 6.14. The maximum Gasteiger partial charge on any atom is 0.111 e. The normalized spacial score (nSPS) is 12.2. The maximum atomic E-state index is 6.14. The summed E-state index contributed by atoms with van der Waals surface area (Å²) in [5, 5.41) is 2.41. The number of hydrogen-bond acceptors (Lipinski definition) is 3. The van der Waals surface area contributed by atoms with Gasteiger partial charge in [0.2, 0.25) is 0 Å². The van der Waals surface area contributed by atoms with E-state index in [9.17, 15) is 0 Å². The number of halogens is 2. The van der Waals surface area contributed by atoms with Gasteiger partial charge < -0.3 is 9.30 Å². The van der Waals surface area contributed by atoms with Crippen LogP contribution in [0.5, 0.6) is 0 Å². The first-order valence-electron chi connectivity index (χ1n) is 8.40. The van der Waals surface area contributed by atoms with Crippen LogP contribution in [0.2, 0.25) is 10.0 Å². The molecule has 0 unspecified atom stereocenters. The van der Waals surface area contributed by atoms with Gasteiger partial charge in [0, 0.05) is 28.4 Å². The largest absolute Gasteiger partial charge is 0.375 e. The Morgan fingerprint density at radius 1 is 1.16 bits per heavy atom. The van der Waals surface area contributed by atoms with Crippen LogP contribution in [0.3, 0.4) is 0 Å². The molecule has 0 bridgehead atoms. The van der Waals surface area contributed by atoms with Crippen LogP contribution in [0.4, 0.5) is 0 Å². The van der Waals surface area contributed by atoms with Gasteiger partial charge in [0.25, 0.3) is 0 Å². The highest BCUT2D eigenvalue weighted by molar-refractivity contribution is 7.99. The molecule has 0 atom stereocenters. The summed E-state index contributed by atoms with van der Waals surface area (Å²) in [7, 11) is 2.06. The predicted octanol–water partition coefficient (Wildman–Crippen LogP) is 6.36. The van der Waals surface area contributed by atoms with Gasteiger partial charge in [-0.2, -0.15) is 0 Å². The number of hydrogen-bond donors (Lipinski definition) is 0. The second kappa shape index (κ2) is 8.34. The fourth-order valence-electron chi connectivity index (χ4n) is 2.42. The smallest absolute Gasteiger partial charge is 0.111 e. The van der Waals surface area contributed by atoms with Gasteiger partial charge in [-0.3, -0.25) is 0 Å². The van der Waals surface area contributed by atoms with Gasteiger partial charge in [0.1, 0.15) is 10.9 Å². The minimum absolute atomic E-state index is 0.138. The van der Waals surface area contributed by atoms with Gasteiger partial charge in [0.05, 0.1) is 17.9 Å². The molecule has 0 radical (unpaired) electrons. The van der Waals surface area contributed by atoms with Crippen LogP contribution in [-0.4, -0.2) is 21.8 Å². The number of ether oxygens (including phenoxy) is 1. The Labute approximate surface area is 165 Å². The van der Waals surface area contributed by atoms with Crippen molar-refractivity contribution in [2.75, 3.05) is 6.61 Å². The molecule has 2 aromatic rings. The molecular weight excluding hydrogens is 375 g/mol. The Balaban J connectivity index is 2.27. The summed E-state index contributed by atoms with van der Waals surface area (Å²) < 4.78 is 8.01. The molecule has 0 aliphatic heterocycles. The summed E-state index contributed by atoms with van der Waals surface area (Å²) in [6, 6.07) is 5.60. The molecule has 0 saturated heterocycles. The van der Waals surface area contributed by atoms with Gasteiger partial charge in [-0.15, -0.1) is 0 Å². The average molecular weight is 401 g/mol. The average Bonchev–Trinajstić information content (AvgIpc) is 2.74. The number of benzene rings is 1. The SMILES string of the molecule is CC(C)c1nc(CCOC(C)(C)C)n(C)c1Sc1cc(Cl)cc(Cl)c1. The first-order chi connectivity index (χ1) is 11.6. The Hall–Kier alpha value is -0.680. The zero-order chi connectivity index (χ0) is 18.8. The lowest BCUT2D eigenvalue weighted by molar-refractivity contribution is -0.00181. The number of aromatic nitrogens is 2. The molecule has 0 N–H and O–H groups in total. The molecule has 0 amide bonds. The third-order valence-electron chi connectivity index (χ3n) is 3.62. The van der Waals surface area contributed by atoms with Crippen LogP contribution in [-0.2, 0) is 18.2 Å². The van der Waals surface area contributed by atoms with Crippen molar-refractivity contribution in [3.8, 4) is 0 Å². The van der Waals surface area contributed by atoms with E-state index in [1.54, 1.807) is 17.8 Å². The van der Waals surface area contributed by atoms with E-state index in [-0.39, 0.29) is 5.60 Å². The van der Waals surface area contributed by atoms with Crippen molar-refractivity contribution in [1.82, 2.24) is 9.55 Å². The van der Waals surface area contributed by atoms with Crippen LogP contribution in [0.25, 0.3) is 0 Å². The van der Waals surface area contributed by atoms with Crippen LogP contribution in [0.15, 0.2) is 28.1 Å². The molecule has 0 spiro atoms. The quantitative estimate of drug-likeness (QED) is 0.564. The van der Waals surface area contributed by atoms with E-state index in [0.717, 1.165) is 27.9 Å². The highest BCUT2D eigenvalue weighted by atomic mass is 35.5. The summed E-state index contributed by atoms with van der Waals surface area (Å²) in [6.07, 6.45) is 0.782. The first-order valence-corrected chi connectivity index (χ1v) is 9.97. The fourth-order valence-corrected chi connectivity index (χ4v) is 4.30. The van der Waals surface area contributed by atoms with Crippen molar-refractivity contribution in [2.45, 2.75) is 62.5 Å². The molecule has 3 nitrogen and oxygen atoms in total. The van der Waals surface area contributed by atoms with Crippen molar-refractivity contribution in [2.24, 2.45) is 7.05 Å². The first kappa shape index (κ1) is 20.6.